The first-order valence-electron chi connectivity index (χ1n) is 4.36. The molecule has 1 saturated heterocycles. The number of carbonyl (C=O) groups excluding carboxylic acids is 2. The molecular weight excluding hydrogens is 202 g/mol. The first-order chi connectivity index (χ1) is 6.43. The molecule has 0 aromatic heterocycles. The highest BCUT2D eigenvalue weighted by Crippen LogP contribution is 2.10. The molecule has 0 saturated carbocycles. The van der Waals surface area contributed by atoms with E-state index in [2.05, 4.69) is 10.6 Å². The lowest BCUT2D eigenvalue weighted by Crippen LogP contribution is -2.57. The third-order valence-electron chi connectivity index (χ3n) is 2.08. The summed E-state index contributed by atoms with van der Waals surface area (Å²) in [5.74, 6) is 0.811. The van der Waals surface area contributed by atoms with E-state index < -0.39 is 11.4 Å². The van der Waals surface area contributed by atoms with Crippen molar-refractivity contribution in [1.82, 2.24) is 10.6 Å². The summed E-state index contributed by atoms with van der Waals surface area (Å²) in [6, 6.07) is -0.210. The van der Waals surface area contributed by atoms with Crippen molar-refractivity contribution >= 4 is 23.6 Å². The van der Waals surface area contributed by atoms with Gasteiger partial charge in [-0.1, -0.05) is 0 Å². The summed E-state index contributed by atoms with van der Waals surface area (Å²) in [4.78, 5) is 22.5. The topological polar surface area (TPSA) is 84.2 Å². The highest BCUT2D eigenvalue weighted by atomic mass is 32.2. The van der Waals surface area contributed by atoms with E-state index in [-0.39, 0.29) is 11.9 Å². The molecule has 0 radical (unpaired) electrons. The van der Waals surface area contributed by atoms with E-state index in [4.69, 9.17) is 5.73 Å². The van der Waals surface area contributed by atoms with Crippen LogP contribution in [-0.4, -0.2) is 35.0 Å². The van der Waals surface area contributed by atoms with E-state index in [1.807, 2.05) is 0 Å². The maximum absolute atomic E-state index is 11.6. The van der Waals surface area contributed by atoms with Crippen molar-refractivity contribution < 1.29 is 9.59 Å². The van der Waals surface area contributed by atoms with Crippen LogP contribution in [0.15, 0.2) is 0 Å². The van der Waals surface area contributed by atoms with Crippen molar-refractivity contribution in [2.75, 3.05) is 11.6 Å². The predicted molar refractivity (Wildman–Crippen MR) is 55.7 cm³/mol. The van der Waals surface area contributed by atoms with Gasteiger partial charge >= 0.3 is 0 Å². The Kier molecular flexibility index (Phi) is 3.38. The molecule has 1 atom stereocenters. The molecule has 0 aromatic rings. The van der Waals surface area contributed by atoms with Crippen molar-refractivity contribution in [1.29, 1.82) is 0 Å². The molecule has 4 N–H and O–H groups in total. The maximum atomic E-state index is 11.6. The van der Waals surface area contributed by atoms with Gasteiger partial charge < -0.3 is 11.1 Å². The average molecular weight is 217 g/mol. The van der Waals surface area contributed by atoms with Gasteiger partial charge in [-0.25, -0.2) is 0 Å². The molecule has 5 nitrogen and oxygen atoms in total. The predicted octanol–water partition coefficient (Wildman–Crippen LogP) is -0.971. The third-order valence-corrected chi connectivity index (χ3v) is 3.02. The van der Waals surface area contributed by atoms with Gasteiger partial charge in [-0.05, 0) is 13.8 Å². The van der Waals surface area contributed by atoms with Crippen LogP contribution in [0.1, 0.15) is 13.8 Å². The molecule has 0 aliphatic carbocycles. The molecule has 80 valence electrons. The molecule has 2 amide bonds. The van der Waals surface area contributed by atoms with Gasteiger partial charge in [-0.3, -0.25) is 14.9 Å². The summed E-state index contributed by atoms with van der Waals surface area (Å²) in [6.07, 6.45) is 0. The zero-order valence-electron chi connectivity index (χ0n) is 8.29. The summed E-state index contributed by atoms with van der Waals surface area (Å²) in [5.41, 5.74) is 4.16. The van der Waals surface area contributed by atoms with Crippen LogP contribution in [0.25, 0.3) is 0 Å². The Morgan fingerprint density at radius 2 is 2.21 bits per heavy atom. The second kappa shape index (κ2) is 4.18. The summed E-state index contributed by atoms with van der Waals surface area (Å²) in [5, 5.41) is 5.63. The smallest absolute Gasteiger partial charge is 0.242 e. The number of carbonyl (C=O) groups is 2. The van der Waals surface area contributed by atoms with Gasteiger partial charge in [0, 0.05) is 11.6 Å². The molecule has 0 bridgehead atoms. The molecule has 1 aliphatic heterocycles. The van der Waals surface area contributed by atoms with Gasteiger partial charge in [-0.15, -0.1) is 11.8 Å². The van der Waals surface area contributed by atoms with Crippen LogP contribution in [-0.2, 0) is 9.59 Å². The minimum Gasteiger partial charge on any atom is -0.368 e. The van der Waals surface area contributed by atoms with Crippen LogP contribution in [0.3, 0.4) is 0 Å². The molecule has 1 fully saturated rings. The lowest BCUT2D eigenvalue weighted by molar-refractivity contribution is -0.131. The van der Waals surface area contributed by atoms with Crippen LogP contribution in [0.2, 0.25) is 0 Å². The number of hydrogen-bond acceptors (Lipinski definition) is 4. The highest BCUT2D eigenvalue weighted by molar-refractivity contribution is 7.99. The SMILES string of the molecule is CC(C)(NC(=O)C1CSCN1)C(N)=O. The van der Waals surface area contributed by atoms with Crippen molar-refractivity contribution in [2.24, 2.45) is 5.73 Å². The van der Waals surface area contributed by atoms with Crippen LogP contribution < -0.4 is 16.4 Å². The van der Waals surface area contributed by atoms with Crippen molar-refractivity contribution in [3.05, 3.63) is 0 Å². The number of rotatable bonds is 3. The number of thioether (sulfide) groups is 1. The van der Waals surface area contributed by atoms with Gasteiger partial charge in [0.15, 0.2) is 0 Å². The van der Waals surface area contributed by atoms with E-state index in [0.29, 0.717) is 0 Å². The Morgan fingerprint density at radius 1 is 1.57 bits per heavy atom. The fourth-order valence-corrected chi connectivity index (χ4v) is 1.96. The van der Waals surface area contributed by atoms with Gasteiger partial charge in [-0.2, -0.15) is 0 Å². The molecule has 14 heavy (non-hydrogen) atoms. The maximum Gasteiger partial charge on any atom is 0.242 e. The molecule has 1 heterocycles. The Morgan fingerprint density at radius 3 is 2.64 bits per heavy atom. The minimum atomic E-state index is -0.980. The first-order valence-corrected chi connectivity index (χ1v) is 5.52. The molecule has 0 spiro atoms. The molecular formula is C8H15N3O2S. The monoisotopic (exact) mass is 217 g/mol. The Labute approximate surface area is 87.2 Å². The van der Waals surface area contributed by atoms with Crippen LogP contribution >= 0.6 is 11.8 Å². The Balaban J connectivity index is 2.51. The van der Waals surface area contributed by atoms with Gasteiger partial charge in [0.1, 0.15) is 5.54 Å². The van der Waals surface area contributed by atoms with Crippen molar-refractivity contribution in [2.45, 2.75) is 25.4 Å². The number of primary amides is 1. The van der Waals surface area contributed by atoms with Gasteiger partial charge in [0.25, 0.3) is 0 Å². The summed E-state index contributed by atoms with van der Waals surface area (Å²) in [7, 11) is 0. The number of amides is 2. The summed E-state index contributed by atoms with van der Waals surface area (Å²) >= 11 is 1.66. The van der Waals surface area contributed by atoms with Crippen LogP contribution in [0.4, 0.5) is 0 Å². The average Bonchev–Trinajstić information content (AvgIpc) is 2.54. The standard InChI is InChI=1S/C8H15N3O2S/c1-8(2,7(9)13)11-6(12)5-3-14-4-10-5/h5,10H,3-4H2,1-2H3,(H2,9,13)(H,11,12). The summed E-state index contributed by atoms with van der Waals surface area (Å²) in [6.45, 7) is 3.19. The minimum absolute atomic E-state index is 0.168. The van der Waals surface area contributed by atoms with E-state index in [1.165, 1.54) is 0 Å². The highest BCUT2D eigenvalue weighted by Gasteiger charge is 2.31. The summed E-state index contributed by atoms with van der Waals surface area (Å²) < 4.78 is 0. The fraction of sp³-hybridized carbons (Fsp3) is 0.750. The second-order valence-electron chi connectivity index (χ2n) is 3.75. The van der Waals surface area contributed by atoms with E-state index in [1.54, 1.807) is 25.6 Å². The Bertz CT molecular complexity index is 249. The van der Waals surface area contributed by atoms with E-state index in [9.17, 15) is 9.59 Å². The second-order valence-corrected chi connectivity index (χ2v) is 4.78. The molecule has 0 aromatic carbocycles. The van der Waals surface area contributed by atoms with E-state index >= 15 is 0 Å². The van der Waals surface area contributed by atoms with Gasteiger partial charge in [0.2, 0.25) is 11.8 Å². The normalized spacial score (nSPS) is 22.0. The largest absolute Gasteiger partial charge is 0.368 e. The number of hydrogen-bond donors (Lipinski definition) is 3. The zero-order chi connectivity index (χ0) is 10.8. The van der Waals surface area contributed by atoms with Crippen molar-refractivity contribution in [3.8, 4) is 0 Å². The number of nitrogens with two attached hydrogens (primary N) is 1. The first kappa shape index (κ1) is 11.3. The van der Waals surface area contributed by atoms with Crippen LogP contribution in [0.5, 0.6) is 0 Å². The molecule has 1 aliphatic rings. The van der Waals surface area contributed by atoms with E-state index in [0.717, 1.165) is 11.6 Å². The zero-order valence-corrected chi connectivity index (χ0v) is 9.11. The van der Waals surface area contributed by atoms with Gasteiger partial charge in [0.05, 0.1) is 6.04 Å². The quantitative estimate of drug-likeness (QED) is 0.568. The van der Waals surface area contributed by atoms with Crippen LogP contribution in [0, 0.1) is 0 Å². The van der Waals surface area contributed by atoms with Crippen molar-refractivity contribution in [3.63, 3.8) is 0 Å². The lowest BCUT2D eigenvalue weighted by Gasteiger charge is -2.24. The Hall–Kier alpha value is -0.750. The molecule has 1 unspecified atom stereocenters. The molecule has 1 rings (SSSR count). The third kappa shape index (κ3) is 2.62. The number of nitrogens with one attached hydrogen (secondary N) is 2. The molecule has 6 heteroatoms. The lowest BCUT2D eigenvalue weighted by atomic mass is 10.0. The fourth-order valence-electron chi connectivity index (χ4n) is 1.02.